The average Bonchev–Trinajstić information content (AvgIpc) is 2.70. The van der Waals surface area contributed by atoms with E-state index in [0.717, 1.165) is 0 Å². The first-order valence-corrected chi connectivity index (χ1v) is 5.94. The smallest absolute Gasteiger partial charge is 0.227 e. The Labute approximate surface area is 104 Å². The van der Waals surface area contributed by atoms with Gasteiger partial charge in [-0.1, -0.05) is 0 Å². The van der Waals surface area contributed by atoms with Crippen molar-refractivity contribution >= 4 is 23.2 Å². The lowest BCUT2D eigenvalue weighted by molar-refractivity contribution is -0.117. The molecule has 1 fully saturated rings. The van der Waals surface area contributed by atoms with E-state index in [4.69, 9.17) is 11.6 Å². The topological polar surface area (TPSA) is 40.5 Å². The van der Waals surface area contributed by atoms with Crippen LogP contribution >= 0.6 is 11.6 Å². The summed E-state index contributed by atoms with van der Waals surface area (Å²) >= 11 is 5.74. The van der Waals surface area contributed by atoms with Crippen LogP contribution in [0, 0.1) is 11.7 Å². The number of rotatable bonds is 3. The molecule has 2 rings (SSSR count). The highest BCUT2D eigenvalue weighted by Crippen LogP contribution is 2.29. The lowest BCUT2D eigenvalue weighted by atomic mass is 10.1. The van der Waals surface area contributed by atoms with E-state index in [0.29, 0.717) is 30.1 Å². The largest absolute Gasteiger partial charge is 0.392 e. The fourth-order valence-electron chi connectivity index (χ4n) is 2.06. The highest BCUT2D eigenvalue weighted by Gasteiger charge is 2.31. The number of nitrogens with zero attached hydrogens (tertiary/aromatic N) is 1. The number of carbonyl (C=O) groups is 1. The zero-order valence-electron chi connectivity index (χ0n) is 9.20. The lowest BCUT2D eigenvalue weighted by Crippen LogP contribution is -2.26. The van der Waals surface area contributed by atoms with Gasteiger partial charge < -0.3 is 10.0 Å². The second-order valence-corrected chi connectivity index (χ2v) is 4.47. The van der Waals surface area contributed by atoms with Crippen LogP contribution in [0.2, 0.25) is 0 Å². The Hall–Kier alpha value is -1.13. The summed E-state index contributed by atoms with van der Waals surface area (Å²) in [5.74, 6) is 0.105. The summed E-state index contributed by atoms with van der Waals surface area (Å²) < 4.78 is 13.0. The van der Waals surface area contributed by atoms with Crippen LogP contribution in [0.1, 0.15) is 12.0 Å². The molecule has 92 valence electrons. The third-order valence-corrected chi connectivity index (χ3v) is 3.36. The summed E-state index contributed by atoms with van der Waals surface area (Å²) in [6.45, 7) is 0.239. The van der Waals surface area contributed by atoms with Crippen LogP contribution in [0.25, 0.3) is 0 Å². The van der Waals surface area contributed by atoms with Gasteiger partial charge in [0.05, 0.1) is 6.61 Å². The quantitative estimate of drug-likeness (QED) is 0.841. The zero-order valence-corrected chi connectivity index (χ0v) is 9.95. The Balaban J connectivity index is 2.31. The van der Waals surface area contributed by atoms with Gasteiger partial charge in [-0.05, 0) is 24.1 Å². The minimum absolute atomic E-state index is 0.0306. The van der Waals surface area contributed by atoms with Gasteiger partial charge in [-0.15, -0.1) is 11.6 Å². The summed E-state index contributed by atoms with van der Waals surface area (Å²) in [6.07, 6.45) is 0.408. The Kier molecular flexibility index (Phi) is 3.64. The van der Waals surface area contributed by atoms with E-state index in [2.05, 4.69) is 0 Å². The molecule has 3 nitrogen and oxygen atoms in total. The van der Waals surface area contributed by atoms with Crippen LogP contribution in [-0.4, -0.2) is 23.4 Å². The second kappa shape index (κ2) is 5.02. The summed E-state index contributed by atoms with van der Waals surface area (Å²) in [5, 5.41) is 9.18. The molecule has 0 aromatic heterocycles. The molecule has 0 saturated carbocycles. The van der Waals surface area contributed by atoms with Gasteiger partial charge in [0, 0.05) is 30.1 Å². The van der Waals surface area contributed by atoms with Crippen LogP contribution in [0.4, 0.5) is 10.1 Å². The van der Waals surface area contributed by atoms with Gasteiger partial charge >= 0.3 is 0 Å². The van der Waals surface area contributed by atoms with E-state index in [1.54, 1.807) is 4.90 Å². The molecule has 1 amide bonds. The van der Waals surface area contributed by atoms with Gasteiger partial charge in [-0.2, -0.15) is 0 Å². The van der Waals surface area contributed by atoms with Crippen LogP contribution in [-0.2, 0) is 11.4 Å². The van der Waals surface area contributed by atoms with E-state index >= 15 is 0 Å². The van der Waals surface area contributed by atoms with E-state index in [1.165, 1.54) is 18.2 Å². The predicted molar refractivity (Wildman–Crippen MR) is 63.5 cm³/mol. The standard InChI is InChI=1S/C12H13ClFNO2/c13-5-8-3-12(17)15(6-8)11-2-1-10(14)4-9(11)7-16/h1-2,4,8,16H,3,5-7H2. The van der Waals surface area contributed by atoms with Gasteiger partial charge in [0.25, 0.3) is 0 Å². The van der Waals surface area contributed by atoms with Crippen molar-refractivity contribution in [1.82, 2.24) is 0 Å². The Morgan fingerprint density at radius 2 is 2.29 bits per heavy atom. The molecule has 1 aromatic carbocycles. The van der Waals surface area contributed by atoms with Crippen molar-refractivity contribution in [3.63, 3.8) is 0 Å². The Morgan fingerprint density at radius 1 is 1.53 bits per heavy atom. The van der Waals surface area contributed by atoms with Crippen molar-refractivity contribution in [2.24, 2.45) is 5.92 Å². The van der Waals surface area contributed by atoms with E-state index in [1.807, 2.05) is 0 Å². The number of aliphatic hydroxyl groups is 1. The number of amides is 1. The number of carbonyl (C=O) groups excluding carboxylic acids is 1. The van der Waals surface area contributed by atoms with Crippen LogP contribution < -0.4 is 4.90 Å². The van der Waals surface area contributed by atoms with Crippen molar-refractivity contribution in [2.45, 2.75) is 13.0 Å². The van der Waals surface area contributed by atoms with Crippen molar-refractivity contribution in [1.29, 1.82) is 0 Å². The molecular weight excluding hydrogens is 245 g/mol. The normalized spacial score (nSPS) is 20.1. The molecular formula is C12H13ClFNO2. The van der Waals surface area contributed by atoms with E-state index in [9.17, 15) is 14.3 Å². The number of hydrogen-bond donors (Lipinski definition) is 1. The van der Waals surface area contributed by atoms with Gasteiger partial charge in [0.2, 0.25) is 5.91 Å². The van der Waals surface area contributed by atoms with Crippen molar-refractivity contribution in [3.8, 4) is 0 Å². The first-order valence-electron chi connectivity index (χ1n) is 5.41. The van der Waals surface area contributed by atoms with Gasteiger partial charge in [0.15, 0.2) is 0 Å². The number of alkyl halides is 1. The summed E-state index contributed by atoms with van der Waals surface area (Å²) in [7, 11) is 0. The average molecular weight is 258 g/mol. The van der Waals surface area contributed by atoms with Crippen LogP contribution in [0.15, 0.2) is 18.2 Å². The minimum Gasteiger partial charge on any atom is -0.392 e. The maximum atomic E-state index is 13.0. The third-order valence-electron chi connectivity index (χ3n) is 2.93. The number of halogens is 2. The number of aliphatic hydroxyl groups excluding tert-OH is 1. The maximum absolute atomic E-state index is 13.0. The molecule has 1 aliphatic rings. The molecule has 1 aromatic rings. The van der Waals surface area contributed by atoms with Crippen molar-refractivity contribution < 1.29 is 14.3 Å². The number of benzene rings is 1. The molecule has 1 saturated heterocycles. The second-order valence-electron chi connectivity index (χ2n) is 4.16. The van der Waals surface area contributed by atoms with Crippen molar-refractivity contribution in [3.05, 3.63) is 29.6 Å². The van der Waals surface area contributed by atoms with Crippen molar-refractivity contribution in [2.75, 3.05) is 17.3 Å². The zero-order chi connectivity index (χ0) is 12.4. The van der Waals surface area contributed by atoms with Gasteiger partial charge in [-0.25, -0.2) is 4.39 Å². The van der Waals surface area contributed by atoms with Crippen LogP contribution in [0.3, 0.4) is 0 Å². The highest BCUT2D eigenvalue weighted by atomic mass is 35.5. The molecule has 17 heavy (non-hydrogen) atoms. The molecule has 0 aliphatic carbocycles. The van der Waals surface area contributed by atoms with Crippen LogP contribution in [0.5, 0.6) is 0 Å². The lowest BCUT2D eigenvalue weighted by Gasteiger charge is -2.19. The van der Waals surface area contributed by atoms with E-state index < -0.39 is 5.82 Å². The van der Waals surface area contributed by atoms with Gasteiger partial charge in [-0.3, -0.25) is 4.79 Å². The molecule has 1 N–H and O–H groups in total. The Bertz CT molecular complexity index is 439. The molecule has 0 radical (unpaired) electrons. The van der Waals surface area contributed by atoms with Gasteiger partial charge in [0.1, 0.15) is 5.82 Å². The SMILES string of the molecule is O=C1CC(CCl)CN1c1ccc(F)cc1CO. The monoisotopic (exact) mass is 257 g/mol. The molecule has 0 spiro atoms. The molecule has 0 bridgehead atoms. The predicted octanol–water partition coefficient (Wildman–Crippen LogP) is 1.91. The summed E-state index contributed by atoms with van der Waals surface area (Å²) in [4.78, 5) is 13.4. The van der Waals surface area contributed by atoms with E-state index in [-0.39, 0.29) is 18.4 Å². The Morgan fingerprint density at radius 3 is 2.88 bits per heavy atom. The molecule has 1 heterocycles. The fourth-order valence-corrected chi connectivity index (χ4v) is 2.27. The highest BCUT2D eigenvalue weighted by molar-refractivity contribution is 6.18. The first kappa shape index (κ1) is 12.3. The first-order chi connectivity index (χ1) is 8.15. The summed E-state index contributed by atoms with van der Waals surface area (Å²) in [5.41, 5.74) is 1.00. The number of anilines is 1. The summed E-state index contributed by atoms with van der Waals surface area (Å²) in [6, 6.07) is 4.06. The fraction of sp³-hybridized carbons (Fsp3) is 0.417. The maximum Gasteiger partial charge on any atom is 0.227 e. The minimum atomic E-state index is -0.418. The molecule has 1 atom stereocenters. The number of hydrogen-bond acceptors (Lipinski definition) is 2. The molecule has 1 aliphatic heterocycles. The third kappa shape index (κ3) is 2.42. The molecule has 1 unspecified atom stereocenters. The molecule has 5 heteroatoms.